The van der Waals surface area contributed by atoms with Crippen LogP contribution in [0.15, 0.2) is 29.0 Å². The molecule has 2 heterocycles. The van der Waals surface area contributed by atoms with Crippen molar-refractivity contribution in [2.24, 2.45) is 7.05 Å². The van der Waals surface area contributed by atoms with Crippen molar-refractivity contribution in [2.45, 2.75) is 0 Å². The van der Waals surface area contributed by atoms with Crippen molar-refractivity contribution in [2.75, 3.05) is 0 Å². The number of hydrogen-bond donors (Lipinski definition) is 0. The fraction of sp³-hybridized carbons (Fsp3) is 0.0909. The third-order valence-corrected chi connectivity index (χ3v) is 2.86. The first-order valence-corrected chi connectivity index (χ1v) is 5.52. The lowest BCUT2D eigenvalue weighted by molar-refractivity contribution is 0.103. The number of carbonyl (C=O) groups excluding carboxylic acids is 1. The summed E-state index contributed by atoms with van der Waals surface area (Å²) in [6.45, 7) is 0. The van der Waals surface area contributed by atoms with Crippen molar-refractivity contribution in [1.82, 2.24) is 14.8 Å². The minimum absolute atomic E-state index is 0.234. The van der Waals surface area contributed by atoms with Crippen LogP contribution in [-0.4, -0.2) is 20.5 Å². The monoisotopic (exact) mass is 290 g/mol. The molecule has 0 amide bonds. The Labute approximate surface area is 106 Å². The lowest BCUT2D eigenvalue weighted by atomic mass is 10.1. The summed E-state index contributed by atoms with van der Waals surface area (Å²) in [5.41, 5.74) is 1.00. The molecule has 84 valence electrons. The Kier molecular flexibility index (Phi) is 3.02. The van der Waals surface area contributed by atoms with Crippen LogP contribution >= 0.6 is 15.9 Å². The van der Waals surface area contributed by atoms with Crippen LogP contribution in [-0.2, 0) is 7.05 Å². The van der Waals surface area contributed by atoms with E-state index in [9.17, 15) is 4.79 Å². The van der Waals surface area contributed by atoms with Crippen molar-refractivity contribution in [3.05, 3.63) is 46.0 Å². The second kappa shape index (κ2) is 4.47. The van der Waals surface area contributed by atoms with Crippen LogP contribution in [0.2, 0.25) is 0 Å². The summed E-state index contributed by atoms with van der Waals surface area (Å²) in [6.07, 6.45) is 1.58. The molecule has 0 aromatic carbocycles. The van der Waals surface area contributed by atoms with Crippen molar-refractivity contribution in [3.8, 4) is 6.07 Å². The van der Waals surface area contributed by atoms with Crippen molar-refractivity contribution < 1.29 is 4.79 Å². The van der Waals surface area contributed by atoms with Crippen LogP contribution in [0.5, 0.6) is 0 Å². The van der Waals surface area contributed by atoms with E-state index in [2.05, 4.69) is 26.0 Å². The van der Waals surface area contributed by atoms with Gasteiger partial charge in [-0.2, -0.15) is 10.4 Å². The van der Waals surface area contributed by atoms with Gasteiger partial charge in [0.25, 0.3) is 0 Å². The zero-order valence-corrected chi connectivity index (χ0v) is 10.5. The summed E-state index contributed by atoms with van der Waals surface area (Å²) in [7, 11) is 1.62. The quantitative estimate of drug-likeness (QED) is 0.623. The minimum atomic E-state index is -0.262. The van der Waals surface area contributed by atoms with E-state index in [4.69, 9.17) is 5.26 Å². The van der Waals surface area contributed by atoms with Crippen LogP contribution in [0.3, 0.4) is 0 Å². The van der Waals surface area contributed by atoms with E-state index in [1.165, 1.54) is 10.7 Å². The van der Waals surface area contributed by atoms with Gasteiger partial charge in [-0.3, -0.25) is 9.48 Å². The zero-order valence-electron chi connectivity index (χ0n) is 8.88. The maximum absolute atomic E-state index is 12.1. The van der Waals surface area contributed by atoms with Crippen molar-refractivity contribution in [1.29, 1.82) is 5.26 Å². The summed E-state index contributed by atoms with van der Waals surface area (Å²) in [5.74, 6) is -0.262. The van der Waals surface area contributed by atoms with E-state index in [0.717, 1.165) is 0 Å². The van der Waals surface area contributed by atoms with E-state index < -0.39 is 0 Å². The molecule has 2 aromatic rings. The first-order chi connectivity index (χ1) is 8.13. The molecule has 0 saturated carbocycles. The first kappa shape index (κ1) is 11.5. The lowest BCUT2D eigenvalue weighted by Gasteiger charge is -1.98. The van der Waals surface area contributed by atoms with Gasteiger partial charge in [0.15, 0.2) is 0 Å². The fourth-order valence-electron chi connectivity index (χ4n) is 1.38. The highest BCUT2D eigenvalue weighted by Gasteiger charge is 2.17. The van der Waals surface area contributed by atoms with Gasteiger partial charge in [0.2, 0.25) is 5.78 Å². The second-order valence-corrected chi connectivity index (χ2v) is 4.07. The molecule has 17 heavy (non-hydrogen) atoms. The fourth-order valence-corrected chi connectivity index (χ4v) is 1.81. The second-order valence-electron chi connectivity index (χ2n) is 3.32. The summed E-state index contributed by atoms with van der Waals surface area (Å²) >= 11 is 3.21. The molecule has 0 aliphatic heterocycles. The highest BCUT2D eigenvalue weighted by atomic mass is 79.9. The number of carbonyl (C=O) groups is 1. The largest absolute Gasteiger partial charge is 0.287 e. The first-order valence-electron chi connectivity index (χ1n) is 4.73. The van der Waals surface area contributed by atoms with Crippen LogP contribution in [0, 0.1) is 11.3 Å². The van der Waals surface area contributed by atoms with Gasteiger partial charge in [-0.1, -0.05) is 0 Å². The Morgan fingerprint density at radius 1 is 1.59 bits per heavy atom. The molecule has 0 fully saturated rings. The van der Waals surface area contributed by atoms with Crippen LogP contribution < -0.4 is 0 Å². The standard InChI is InChI=1S/C11H7BrN4O/c1-16-7(6-13)5-9(15-16)10(17)8-3-2-4-14-11(8)12/h2-5H,1H3. The number of nitriles is 1. The third-order valence-electron chi connectivity index (χ3n) is 2.23. The summed E-state index contributed by atoms with van der Waals surface area (Å²) < 4.78 is 1.84. The van der Waals surface area contributed by atoms with Gasteiger partial charge in [-0.05, 0) is 28.1 Å². The van der Waals surface area contributed by atoms with Crippen LogP contribution in [0.4, 0.5) is 0 Å². The van der Waals surface area contributed by atoms with E-state index in [1.807, 2.05) is 6.07 Å². The number of aromatic nitrogens is 3. The highest BCUT2D eigenvalue weighted by molar-refractivity contribution is 9.10. The third kappa shape index (κ3) is 2.10. The number of rotatable bonds is 2. The predicted molar refractivity (Wildman–Crippen MR) is 63.3 cm³/mol. The maximum Gasteiger partial charge on any atom is 0.215 e. The molecule has 0 N–H and O–H groups in total. The number of aryl methyl sites for hydroxylation is 1. The van der Waals surface area contributed by atoms with Gasteiger partial charge in [0.05, 0.1) is 5.56 Å². The van der Waals surface area contributed by atoms with E-state index in [0.29, 0.717) is 15.9 Å². The van der Waals surface area contributed by atoms with Crippen LogP contribution in [0.25, 0.3) is 0 Å². The summed E-state index contributed by atoms with van der Waals surface area (Å²) in [5, 5.41) is 12.8. The molecule has 0 aliphatic rings. The smallest absolute Gasteiger partial charge is 0.215 e. The number of ketones is 1. The molecule has 2 rings (SSSR count). The van der Waals surface area contributed by atoms with Gasteiger partial charge in [0.1, 0.15) is 22.1 Å². The SMILES string of the molecule is Cn1nc(C(=O)c2cccnc2Br)cc1C#N. The molecule has 5 nitrogen and oxygen atoms in total. The van der Waals surface area contributed by atoms with Gasteiger partial charge >= 0.3 is 0 Å². The molecule has 0 atom stereocenters. The highest BCUT2D eigenvalue weighted by Crippen LogP contribution is 2.17. The molecule has 0 bridgehead atoms. The maximum atomic E-state index is 12.1. The lowest BCUT2D eigenvalue weighted by Crippen LogP contribution is -2.05. The van der Waals surface area contributed by atoms with Crippen LogP contribution in [0.1, 0.15) is 21.7 Å². The van der Waals surface area contributed by atoms with Gasteiger partial charge in [-0.25, -0.2) is 4.98 Å². The topological polar surface area (TPSA) is 71.6 Å². The van der Waals surface area contributed by atoms with E-state index in [1.54, 1.807) is 25.4 Å². The Bertz CT molecular complexity index is 627. The van der Waals surface area contributed by atoms with Gasteiger partial charge in [-0.15, -0.1) is 0 Å². The molecule has 0 spiro atoms. The molecule has 2 aromatic heterocycles. The normalized spacial score (nSPS) is 9.94. The molecular weight excluding hydrogens is 284 g/mol. The number of nitrogens with zero attached hydrogens (tertiary/aromatic N) is 4. The zero-order chi connectivity index (χ0) is 12.4. The molecule has 0 aliphatic carbocycles. The molecular formula is C11H7BrN4O. The van der Waals surface area contributed by atoms with E-state index in [-0.39, 0.29) is 11.5 Å². The Hall–Kier alpha value is -2.00. The molecule has 6 heteroatoms. The summed E-state index contributed by atoms with van der Waals surface area (Å²) in [4.78, 5) is 16.1. The Balaban J connectivity index is 2.45. The number of hydrogen-bond acceptors (Lipinski definition) is 4. The number of pyridine rings is 1. The Morgan fingerprint density at radius 3 is 2.94 bits per heavy atom. The van der Waals surface area contributed by atoms with Gasteiger partial charge < -0.3 is 0 Å². The molecule has 0 saturated heterocycles. The van der Waals surface area contributed by atoms with Crippen molar-refractivity contribution in [3.63, 3.8) is 0 Å². The predicted octanol–water partition coefficient (Wildman–Crippen LogP) is 1.68. The average molecular weight is 291 g/mol. The van der Waals surface area contributed by atoms with Crippen molar-refractivity contribution >= 4 is 21.7 Å². The molecule has 0 radical (unpaired) electrons. The van der Waals surface area contributed by atoms with E-state index >= 15 is 0 Å². The summed E-state index contributed by atoms with van der Waals surface area (Å²) in [6, 6.07) is 6.74. The van der Waals surface area contributed by atoms with Gasteiger partial charge in [0, 0.05) is 19.3 Å². The minimum Gasteiger partial charge on any atom is -0.287 e. The average Bonchev–Trinajstić information content (AvgIpc) is 2.70. The molecule has 0 unspecified atom stereocenters. The Morgan fingerprint density at radius 2 is 2.35 bits per heavy atom. The number of halogens is 1.